The van der Waals surface area contributed by atoms with Crippen LogP contribution in [-0.4, -0.2) is 136 Å². The van der Waals surface area contributed by atoms with E-state index in [0.29, 0.717) is 21.4 Å². The van der Waals surface area contributed by atoms with Gasteiger partial charge < -0.3 is 44.2 Å². The van der Waals surface area contributed by atoms with E-state index < -0.39 is 90.8 Å². The highest BCUT2D eigenvalue weighted by molar-refractivity contribution is 7.53. The highest BCUT2D eigenvalue weighted by Gasteiger charge is 2.53. The van der Waals surface area contributed by atoms with Gasteiger partial charge in [-0.2, -0.15) is 8.78 Å². The third kappa shape index (κ3) is 12.3. The first-order valence-electron chi connectivity index (χ1n) is 24.5. The third-order valence-corrected chi connectivity index (χ3v) is 15.9. The number of aliphatic hydroxyl groups excluding tert-OH is 1. The zero-order valence-electron chi connectivity index (χ0n) is 42.3. The summed E-state index contributed by atoms with van der Waals surface area (Å²) in [7, 11) is -5.73. The van der Waals surface area contributed by atoms with Gasteiger partial charge >= 0.3 is 13.3 Å². The predicted octanol–water partition coefficient (Wildman–Crippen LogP) is 5.83. The number of fused-ring (bicyclic) bond motifs is 2. The van der Waals surface area contributed by atoms with Gasteiger partial charge in [-0.05, 0) is 79.5 Å². The Bertz CT molecular complexity index is 2990. The van der Waals surface area contributed by atoms with Crippen molar-refractivity contribution in [2.75, 3.05) is 39.5 Å². The lowest BCUT2D eigenvalue weighted by Gasteiger charge is -2.38. The van der Waals surface area contributed by atoms with Crippen molar-refractivity contribution in [1.82, 2.24) is 25.3 Å². The van der Waals surface area contributed by atoms with Crippen molar-refractivity contribution in [3.63, 3.8) is 0 Å². The molecule has 3 fully saturated rings. The smallest absolute Gasteiger partial charge is 0.370 e. The number of carbonyl (C=O) groups excluding carboxylic acids is 6. The molecule has 3 saturated heterocycles. The zero-order chi connectivity index (χ0) is 54.2. The summed E-state index contributed by atoms with van der Waals surface area (Å²) in [6, 6.07) is 16.0. The van der Waals surface area contributed by atoms with Crippen LogP contribution in [0.2, 0.25) is 0 Å². The van der Waals surface area contributed by atoms with Crippen molar-refractivity contribution in [3.05, 3.63) is 105 Å². The van der Waals surface area contributed by atoms with Crippen molar-refractivity contribution in [3.8, 4) is 11.8 Å². The number of halogens is 2. The van der Waals surface area contributed by atoms with Crippen LogP contribution < -0.4 is 10.6 Å². The van der Waals surface area contributed by atoms with E-state index in [9.17, 15) is 43.3 Å². The summed E-state index contributed by atoms with van der Waals surface area (Å²) >= 11 is 0.948. The Balaban J connectivity index is 0.992. The summed E-state index contributed by atoms with van der Waals surface area (Å²) in [5.74, 6) is 3.24. The Morgan fingerprint density at radius 3 is 2.45 bits per heavy atom. The van der Waals surface area contributed by atoms with Gasteiger partial charge in [0.2, 0.25) is 23.6 Å². The molecule has 400 valence electrons. The molecule has 5 heterocycles. The lowest BCUT2D eigenvalue weighted by Crippen LogP contribution is -2.58. The molecule has 4 N–H and O–H groups in total. The van der Waals surface area contributed by atoms with E-state index in [1.807, 2.05) is 30.3 Å². The quantitative estimate of drug-likeness (QED) is 0.0505. The Morgan fingerprint density at radius 1 is 1.00 bits per heavy atom. The molecule has 0 spiro atoms. The molecule has 4 aliphatic heterocycles. The second-order valence-corrected chi connectivity index (χ2v) is 23.9. The number of alkyl halides is 2. The molecule has 7 atom stereocenters. The first kappa shape index (κ1) is 55.3. The Hall–Kier alpha value is -5.95. The van der Waals surface area contributed by atoms with Crippen molar-refractivity contribution >= 4 is 64.5 Å². The first-order chi connectivity index (χ1) is 35.3. The molecule has 75 heavy (non-hydrogen) atoms. The Labute approximate surface area is 436 Å². The SMILES string of the molecule is CC(C)(C)OC(O)COP(=O)(O)C(F)(F)c1ccc2sc(C(=O)N[C@H](C(=O)N3C[C@@H](OCC#Cc4cccc5c4CN(C4CCC(=O)NC4=O)C5=O)C[C@H]3C(=O)N3CCO[C@H](c4ccccc4)C3)C(C)(C)C)cc2c1. The number of carbonyl (C=O) groups is 6. The molecule has 0 radical (unpaired) electrons. The molecule has 0 aliphatic carbocycles. The minimum Gasteiger partial charge on any atom is -0.370 e. The minimum absolute atomic E-state index is 0.0388. The lowest BCUT2D eigenvalue weighted by atomic mass is 9.85. The van der Waals surface area contributed by atoms with E-state index in [1.54, 1.807) is 64.6 Å². The maximum Gasteiger partial charge on any atom is 0.402 e. The number of nitrogens with zero attached hydrogens (tertiary/aromatic N) is 3. The summed E-state index contributed by atoms with van der Waals surface area (Å²) in [4.78, 5) is 96.6. The molecular weight excluding hydrogens is 1020 g/mol. The number of aliphatic hydroxyl groups is 1. The van der Waals surface area contributed by atoms with E-state index in [4.69, 9.17) is 14.2 Å². The molecule has 4 aliphatic rings. The van der Waals surface area contributed by atoms with Crippen LogP contribution in [0.3, 0.4) is 0 Å². The Morgan fingerprint density at radius 2 is 1.75 bits per heavy atom. The van der Waals surface area contributed by atoms with Crippen LogP contribution in [0.1, 0.15) is 109 Å². The number of morpholine rings is 1. The number of likely N-dealkylation sites (tertiary alicyclic amines) is 1. The first-order valence-corrected chi connectivity index (χ1v) is 26.9. The van der Waals surface area contributed by atoms with Crippen LogP contribution in [0.4, 0.5) is 8.78 Å². The summed E-state index contributed by atoms with van der Waals surface area (Å²) < 4.78 is 66.7. The van der Waals surface area contributed by atoms with Gasteiger partial charge in [0, 0.05) is 53.9 Å². The fraction of sp³-hybridized carbons (Fsp3) is 0.472. The number of nitrogens with one attached hydrogen (secondary N) is 2. The number of benzene rings is 3. The maximum absolute atomic E-state index is 15.6. The van der Waals surface area contributed by atoms with Crippen LogP contribution in [0.5, 0.6) is 0 Å². The van der Waals surface area contributed by atoms with Gasteiger partial charge in [0.15, 0.2) is 6.29 Å². The molecular formula is C53H60F2N5O13PS. The van der Waals surface area contributed by atoms with Crippen LogP contribution in [-0.2, 0) is 54.7 Å². The van der Waals surface area contributed by atoms with Crippen LogP contribution >= 0.6 is 18.9 Å². The largest absolute Gasteiger partial charge is 0.402 e. The van der Waals surface area contributed by atoms with Crippen LogP contribution in [0, 0.1) is 17.3 Å². The standard InChI is InChI=1S/C53H60F2N5O13PS/c1-51(2,3)45(57-47(64)42-25-33-24-34(17-19-41(33)75-42)53(54,55)74(68,69)72-30-44(62)73-52(4,5)6)50(67)59-27-35(26-39(59)49(66)58-21-23-71-40(29-58)32-12-8-7-9-13-32)70-22-11-15-31-14-10-16-36-37(31)28-60(48(36)65)38-18-20-43(61)56-46(38)63/h7-10,12-14,16-17,19,24-25,35,38-40,44-45,62H,18,20-23,26-30H2,1-6H3,(H,57,64)(H,68,69)(H,56,61,63)/t35-,38?,39-,40-,44?,45+/m0/s1. The molecule has 22 heteroatoms. The van der Waals surface area contributed by atoms with Crippen LogP contribution in [0.15, 0.2) is 72.8 Å². The Kier molecular flexibility index (Phi) is 16.2. The van der Waals surface area contributed by atoms with Crippen LogP contribution in [0.25, 0.3) is 10.1 Å². The average molecular weight is 1080 g/mol. The van der Waals surface area contributed by atoms with Gasteiger partial charge in [0.05, 0.1) is 29.7 Å². The molecule has 0 bridgehead atoms. The predicted molar refractivity (Wildman–Crippen MR) is 270 cm³/mol. The number of ether oxygens (including phenoxy) is 3. The topological polar surface area (TPSA) is 231 Å². The van der Waals surface area contributed by atoms with Gasteiger partial charge in [0.25, 0.3) is 11.8 Å². The highest BCUT2D eigenvalue weighted by Crippen LogP contribution is 2.63. The van der Waals surface area contributed by atoms with Gasteiger partial charge in [-0.15, -0.1) is 11.3 Å². The van der Waals surface area contributed by atoms with E-state index in [2.05, 4.69) is 27.0 Å². The fourth-order valence-corrected chi connectivity index (χ4v) is 11.4. The third-order valence-electron chi connectivity index (χ3n) is 13.3. The van der Waals surface area contributed by atoms with Crippen molar-refractivity contribution < 1.29 is 70.8 Å². The number of amides is 6. The number of piperidine rings is 1. The van der Waals surface area contributed by atoms with Crippen molar-refractivity contribution in [1.29, 1.82) is 0 Å². The number of thiophene rings is 1. The molecule has 1 aromatic heterocycles. The lowest BCUT2D eigenvalue weighted by molar-refractivity contribution is -0.180. The van der Waals surface area contributed by atoms with E-state index >= 15 is 8.78 Å². The summed E-state index contributed by atoms with van der Waals surface area (Å²) in [5.41, 5.74) is -4.66. The molecule has 8 rings (SSSR count). The molecule has 6 amide bonds. The second-order valence-electron chi connectivity index (χ2n) is 20.9. The number of imide groups is 1. The average Bonchev–Trinajstić information content (AvgIpc) is 4.09. The molecule has 4 aromatic rings. The van der Waals surface area contributed by atoms with Gasteiger partial charge in [-0.1, -0.05) is 75.1 Å². The monoisotopic (exact) mass is 1080 g/mol. The van der Waals surface area contributed by atoms with Gasteiger partial charge in [-0.25, -0.2) is 0 Å². The fourth-order valence-electron chi connectivity index (χ4n) is 9.53. The van der Waals surface area contributed by atoms with Crippen molar-refractivity contribution in [2.45, 2.75) is 115 Å². The van der Waals surface area contributed by atoms with E-state index in [1.165, 1.54) is 21.9 Å². The van der Waals surface area contributed by atoms with Crippen molar-refractivity contribution in [2.24, 2.45) is 5.41 Å². The molecule has 3 aromatic carbocycles. The molecule has 0 saturated carbocycles. The summed E-state index contributed by atoms with van der Waals surface area (Å²) in [6.45, 7) is 9.73. The summed E-state index contributed by atoms with van der Waals surface area (Å²) in [5, 5.41) is 15.3. The molecule has 3 unspecified atom stereocenters. The minimum atomic E-state index is -5.73. The summed E-state index contributed by atoms with van der Waals surface area (Å²) in [6.07, 6.45) is -2.43. The maximum atomic E-state index is 15.6. The van der Waals surface area contributed by atoms with E-state index in [-0.39, 0.29) is 86.6 Å². The van der Waals surface area contributed by atoms with Gasteiger partial charge in [0.1, 0.15) is 37.4 Å². The van der Waals surface area contributed by atoms with Gasteiger partial charge in [-0.3, -0.25) is 43.2 Å². The highest BCUT2D eigenvalue weighted by atomic mass is 32.1. The molecule has 18 nitrogen and oxygen atoms in total. The second kappa shape index (κ2) is 22.0. The number of hydrogen-bond acceptors (Lipinski definition) is 13. The van der Waals surface area contributed by atoms with E-state index in [0.717, 1.165) is 29.0 Å². The number of hydrogen-bond donors (Lipinski definition) is 4. The zero-order valence-corrected chi connectivity index (χ0v) is 44.0. The number of rotatable bonds is 14. The normalized spacial score (nSPS) is 22.0.